The molecule has 0 amide bonds. The molecule has 0 spiro atoms. The van der Waals surface area contributed by atoms with Gasteiger partial charge >= 0.3 is 0 Å². The van der Waals surface area contributed by atoms with E-state index in [1.165, 1.54) is 13.2 Å². The summed E-state index contributed by atoms with van der Waals surface area (Å²) in [6.07, 6.45) is 2.20. The minimum atomic E-state index is -3.89. The fourth-order valence-electron chi connectivity index (χ4n) is 1.49. The van der Waals surface area contributed by atoms with Gasteiger partial charge in [-0.05, 0) is 39.7 Å². The van der Waals surface area contributed by atoms with Crippen LogP contribution in [0, 0.1) is 0 Å². The van der Waals surface area contributed by atoms with Gasteiger partial charge in [0.2, 0.25) is 5.28 Å². The Balaban J connectivity index is 2.43. The molecule has 1 aromatic heterocycles. The molecule has 6 nitrogen and oxygen atoms in total. The van der Waals surface area contributed by atoms with Gasteiger partial charge in [0.15, 0.2) is 5.75 Å². The Bertz CT molecular complexity index is 769. The van der Waals surface area contributed by atoms with E-state index in [1.54, 1.807) is 6.07 Å². The number of anilines is 1. The van der Waals surface area contributed by atoms with Crippen molar-refractivity contribution in [3.05, 3.63) is 39.3 Å². The molecule has 0 aliphatic heterocycles. The van der Waals surface area contributed by atoms with Gasteiger partial charge in [0, 0.05) is 5.02 Å². The number of aromatic nitrogens is 2. The zero-order valence-corrected chi connectivity index (χ0v) is 14.4. The van der Waals surface area contributed by atoms with E-state index in [0.717, 1.165) is 12.4 Å². The van der Waals surface area contributed by atoms with Crippen molar-refractivity contribution in [3.63, 3.8) is 0 Å². The molecule has 10 heteroatoms. The first-order chi connectivity index (χ1) is 9.83. The number of sulfonamides is 1. The zero-order chi connectivity index (χ0) is 15.6. The average Bonchev–Trinajstić information content (AvgIpc) is 2.38. The molecule has 0 aliphatic carbocycles. The minimum Gasteiger partial charge on any atom is -0.493 e. The summed E-state index contributed by atoms with van der Waals surface area (Å²) < 4.78 is 32.5. The number of rotatable bonds is 4. The lowest BCUT2D eigenvalue weighted by Crippen LogP contribution is -2.14. The quantitative estimate of drug-likeness (QED) is 0.778. The predicted octanol–water partition coefficient (Wildman–Crippen LogP) is 3.36. The first kappa shape index (κ1) is 16.3. The van der Waals surface area contributed by atoms with Crippen molar-refractivity contribution >= 4 is 54.8 Å². The van der Waals surface area contributed by atoms with Gasteiger partial charge in [-0.3, -0.25) is 4.72 Å². The molecule has 0 bridgehead atoms. The monoisotopic (exact) mass is 411 g/mol. The van der Waals surface area contributed by atoms with Crippen molar-refractivity contribution in [1.82, 2.24) is 9.97 Å². The zero-order valence-electron chi connectivity index (χ0n) is 10.5. The number of ether oxygens (including phenoxy) is 1. The average molecular weight is 413 g/mol. The van der Waals surface area contributed by atoms with Crippen LogP contribution in [0.1, 0.15) is 0 Å². The van der Waals surface area contributed by atoms with E-state index in [1.807, 2.05) is 0 Å². The van der Waals surface area contributed by atoms with Gasteiger partial charge < -0.3 is 4.74 Å². The number of hydrogen-bond acceptors (Lipinski definition) is 5. The van der Waals surface area contributed by atoms with Crippen LogP contribution in [0.2, 0.25) is 10.3 Å². The van der Waals surface area contributed by atoms with Crippen LogP contribution in [0.5, 0.6) is 5.75 Å². The van der Waals surface area contributed by atoms with Crippen LogP contribution in [-0.4, -0.2) is 25.5 Å². The molecule has 1 heterocycles. The first-order valence-electron chi connectivity index (χ1n) is 5.37. The lowest BCUT2D eigenvalue weighted by Gasteiger charge is -2.13. The van der Waals surface area contributed by atoms with E-state index in [-0.39, 0.29) is 15.9 Å². The predicted molar refractivity (Wildman–Crippen MR) is 83.6 cm³/mol. The van der Waals surface area contributed by atoms with Crippen LogP contribution in [-0.2, 0) is 10.0 Å². The second-order valence-corrected chi connectivity index (χ2v) is 7.07. The molecule has 0 aliphatic rings. The number of nitrogens with one attached hydrogen (secondary N) is 1. The van der Waals surface area contributed by atoms with Crippen molar-refractivity contribution in [3.8, 4) is 5.75 Å². The van der Waals surface area contributed by atoms with Gasteiger partial charge in [0.1, 0.15) is 4.90 Å². The molecule has 21 heavy (non-hydrogen) atoms. The van der Waals surface area contributed by atoms with Gasteiger partial charge in [0.25, 0.3) is 10.0 Å². The molecular weight excluding hydrogens is 405 g/mol. The maximum Gasteiger partial charge on any atom is 0.265 e. The van der Waals surface area contributed by atoms with Crippen molar-refractivity contribution in [2.45, 2.75) is 4.90 Å². The third-order valence-corrected chi connectivity index (χ3v) is 4.69. The fraction of sp³-hybridized carbons (Fsp3) is 0.0909. The Morgan fingerprint density at radius 1 is 1.24 bits per heavy atom. The number of benzene rings is 1. The van der Waals surface area contributed by atoms with E-state index in [9.17, 15) is 8.42 Å². The Hall–Kier alpha value is -1.09. The largest absolute Gasteiger partial charge is 0.493 e. The molecule has 2 aromatic rings. The summed E-state index contributed by atoms with van der Waals surface area (Å²) in [6, 6.07) is 3.02. The summed E-state index contributed by atoms with van der Waals surface area (Å²) in [6.45, 7) is 0. The second-order valence-electron chi connectivity index (χ2n) is 3.76. The third-order valence-electron chi connectivity index (χ3n) is 2.36. The van der Waals surface area contributed by atoms with Crippen LogP contribution in [0.25, 0.3) is 0 Å². The normalized spacial score (nSPS) is 11.2. The molecule has 0 saturated carbocycles. The van der Waals surface area contributed by atoms with Gasteiger partial charge in [-0.2, -0.15) is 0 Å². The highest BCUT2D eigenvalue weighted by atomic mass is 79.9. The molecule has 2 rings (SSSR count). The van der Waals surface area contributed by atoms with Crippen molar-refractivity contribution < 1.29 is 13.2 Å². The molecule has 0 atom stereocenters. The molecule has 1 aromatic carbocycles. The first-order valence-corrected chi connectivity index (χ1v) is 8.40. The Kier molecular flexibility index (Phi) is 4.92. The number of hydrogen-bond donors (Lipinski definition) is 1. The second kappa shape index (κ2) is 6.35. The molecule has 0 fully saturated rings. The Morgan fingerprint density at radius 2 is 1.86 bits per heavy atom. The van der Waals surface area contributed by atoms with Gasteiger partial charge in [-0.25, -0.2) is 18.4 Å². The molecular formula is C11H8BrCl2N3O3S. The smallest absolute Gasteiger partial charge is 0.265 e. The number of methoxy groups -OCH3 is 1. The molecule has 0 radical (unpaired) electrons. The highest BCUT2D eigenvalue weighted by Gasteiger charge is 2.19. The standard InChI is InChI=1S/C11H8BrCl2N3O3S/c1-20-10-8(12)2-6(13)3-9(10)17-21(18,19)7-4-15-11(14)16-5-7/h2-5,17H,1H3. The highest BCUT2D eigenvalue weighted by Crippen LogP contribution is 2.37. The lowest BCUT2D eigenvalue weighted by molar-refractivity contribution is 0.414. The summed E-state index contributed by atoms with van der Waals surface area (Å²) in [5.41, 5.74) is 0.187. The fourth-order valence-corrected chi connectivity index (χ4v) is 3.50. The van der Waals surface area contributed by atoms with E-state index in [0.29, 0.717) is 15.2 Å². The summed E-state index contributed by atoms with van der Waals surface area (Å²) in [5, 5.41) is 0.296. The molecule has 0 unspecified atom stereocenters. The third kappa shape index (κ3) is 3.76. The lowest BCUT2D eigenvalue weighted by atomic mass is 10.3. The maximum atomic E-state index is 12.3. The summed E-state index contributed by atoms with van der Waals surface area (Å²) in [7, 11) is -2.48. The van der Waals surface area contributed by atoms with Crippen LogP contribution < -0.4 is 9.46 Å². The van der Waals surface area contributed by atoms with E-state index in [2.05, 4.69) is 30.6 Å². The van der Waals surface area contributed by atoms with Crippen molar-refractivity contribution in [2.24, 2.45) is 0 Å². The van der Waals surface area contributed by atoms with Gasteiger partial charge in [0.05, 0.1) is 29.7 Å². The number of halogens is 3. The van der Waals surface area contributed by atoms with Crippen molar-refractivity contribution in [1.29, 1.82) is 0 Å². The molecule has 1 N–H and O–H groups in total. The Labute approximate surface area is 139 Å². The maximum absolute atomic E-state index is 12.3. The van der Waals surface area contributed by atoms with E-state index >= 15 is 0 Å². The minimum absolute atomic E-state index is 0.0444. The summed E-state index contributed by atoms with van der Waals surface area (Å²) >= 11 is 14.7. The van der Waals surface area contributed by atoms with Crippen LogP contribution in [0.15, 0.2) is 33.9 Å². The summed E-state index contributed by atoms with van der Waals surface area (Å²) in [5.74, 6) is 0.304. The van der Waals surface area contributed by atoms with E-state index in [4.69, 9.17) is 27.9 Å². The highest BCUT2D eigenvalue weighted by molar-refractivity contribution is 9.10. The van der Waals surface area contributed by atoms with Gasteiger partial charge in [-0.15, -0.1) is 0 Å². The van der Waals surface area contributed by atoms with Crippen LogP contribution in [0.4, 0.5) is 5.69 Å². The summed E-state index contributed by atoms with van der Waals surface area (Å²) in [4.78, 5) is 7.13. The van der Waals surface area contributed by atoms with Crippen LogP contribution in [0.3, 0.4) is 0 Å². The topological polar surface area (TPSA) is 81.2 Å². The molecule has 0 saturated heterocycles. The van der Waals surface area contributed by atoms with Crippen molar-refractivity contribution in [2.75, 3.05) is 11.8 Å². The van der Waals surface area contributed by atoms with E-state index < -0.39 is 10.0 Å². The van der Waals surface area contributed by atoms with Gasteiger partial charge in [-0.1, -0.05) is 11.6 Å². The Morgan fingerprint density at radius 3 is 2.43 bits per heavy atom. The van der Waals surface area contributed by atoms with Crippen LogP contribution >= 0.6 is 39.1 Å². The molecule has 112 valence electrons. The number of nitrogens with zero attached hydrogens (tertiary/aromatic N) is 2. The SMILES string of the molecule is COc1c(Br)cc(Cl)cc1NS(=O)(=O)c1cnc(Cl)nc1.